The van der Waals surface area contributed by atoms with Gasteiger partial charge in [0.1, 0.15) is 12.4 Å². The van der Waals surface area contributed by atoms with Crippen LogP contribution in [-0.2, 0) is 13.2 Å². The van der Waals surface area contributed by atoms with Gasteiger partial charge in [0.05, 0.1) is 24.0 Å². The molecule has 0 fully saturated rings. The Bertz CT molecular complexity index is 711. The standard InChI is InChI=1S/C16H14N2O2/c19-10-14-4-5-15(9-18-14)20-11-12-3-6-16-13(8-12)2-1-7-17-16/h1-9,19H,10-11H2. The Morgan fingerprint density at radius 1 is 1.05 bits per heavy atom. The van der Waals surface area contributed by atoms with Gasteiger partial charge < -0.3 is 9.84 Å². The molecule has 1 N–H and O–H groups in total. The van der Waals surface area contributed by atoms with Crippen molar-refractivity contribution in [1.82, 2.24) is 9.97 Å². The van der Waals surface area contributed by atoms with Gasteiger partial charge in [0, 0.05) is 11.6 Å². The van der Waals surface area contributed by atoms with Gasteiger partial charge >= 0.3 is 0 Å². The summed E-state index contributed by atoms with van der Waals surface area (Å²) >= 11 is 0. The highest BCUT2D eigenvalue weighted by Gasteiger charge is 2.00. The third kappa shape index (κ3) is 2.75. The highest BCUT2D eigenvalue weighted by molar-refractivity contribution is 5.78. The molecule has 1 aromatic carbocycles. The van der Waals surface area contributed by atoms with E-state index in [0.29, 0.717) is 18.1 Å². The molecule has 4 heteroatoms. The zero-order valence-corrected chi connectivity index (χ0v) is 10.9. The van der Waals surface area contributed by atoms with E-state index in [1.807, 2.05) is 24.3 Å². The van der Waals surface area contributed by atoms with E-state index in [9.17, 15) is 0 Å². The monoisotopic (exact) mass is 266 g/mol. The SMILES string of the molecule is OCc1ccc(OCc2ccc3ncccc3c2)cn1. The van der Waals surface area contributed by atoms with E-state index in [1.54, 1.807) is 24.5 Å². The summed E-state index contributed by atoms with van der Waals surface area (Å²) in [6, 6.07) is 13.6. The molecule has 0 aliphatic carbocycles. The Labute approximate surface area is 116 Å². The molecule has 3 aromatic rings. The first-order valence-electron chi connectivity index (χ1n) is 6.37. The fourth-order valence-electron chi connectivity index (χ4n) is 1.97. The van der Waals surface area contributed by atoms with E-state index < -0.39 is 0 Å². The van der Waals surface area contributed by atoms with Gasteiger partial charge in [-0.3, -0.25) is 9.97 Å². The zero-order chi connectivity index (χ0) is 13.8. The molecule has 3 rings (SSSR count). The highest BCUT2D eigenvalue weighted by atomic mass is 16.5. The van der Waals surface area contributed by atoms with Crippen LogP contribution in [0.1, 0.15) is 11.3 Å². The molecule has 0 amide bonds. The summed E-state index contributed by atoms with van der Waals surface area (Å²) in [6.45, 7) is 0.420. The van der Waals surface area contributed by atoms with Crippen molar-refractivity contribution in [1.29, 1.82) is 0 Å². The maximum absolute atomic E-state index is 8.93. The van der Waals surface area contributed by atoms with Gasteiger partial charge in [-0.25, -0.2) is 0 Å². The number of benzene rings is 1. The number of ether oxygens (including phenoxy) is 1. The van der Waals surface area contributed by atoms with Crippen LogP contribution in [0.4, 0.5) is 0 Å². The Balaban J connectivity index is 1.72. The molecule has 0 unspecified atom stereocenters. The van der Waals surface area contributed by atoms with Crippen molar-refractivity contribution in [2.24, 2.45) is 0 Å². The van der Waals surface area contributed by atoms with Gasteiger partial charge in [-0.1, -0.05) is 12.1 Å². The summed E-state index contributed by atoms with van der Waals surface area (Å²) in [5.41, 5.74) is 2.69. The summed E-state index contributed by atoms with van der Waals surface area (Å²) in [4.78, 5) is 8.36. The van der Waals surface area contributed by atoms with Crippen molar-refractivity contribution in [3.05, 3.63) is 66.1 Å². The zero-order valence-electron chi connectivity index (χ0n) is 10.9. The van der Waals surface area contributed by atoms with Crippen molar-refractivity contribution in [3.8, 4) is 5.75 Å². The molecule has 0 aliphatic rings. The molecular weight excluding hydrogens is 252 g/mol. The molecule has 20 heavy (non-hydrogen) atoms. The lowest BCUT2D eigenvalue weighted by atomic mass is 10.1. The number of pyridine rings is 2. The van der Waals surface area contributed by atoms with E-state index in [0.717, 1.165) is 16.5 Å². The maximum atomic E-state index is 8.93. The Kier molecular flexibility index (Phi) is 3.56. The lowest BCUT2D eigenvalue weighted by molar-refractivity contribution is 0.275. The van der Waals surface area contributed by atoms with Crippen LogP contribution >= 0.6 is 0 Å². The number of aromatic nitrogens is 2. The van der Waals surface area contributed by atoms with Gasteiger partial charge in [0.25, 0.3) is 0 Å². The van der Waals surface area contributed by atoms with Crippen LogP contribution in [0.5, 0.6) is 5.75 Å². The van der Waals surface area contributed by atoms with Gasteiger partial charge in [-0.05, 0) is 35.9 Å². The van der Waals surface area contributed by atoms with Crippen molar-refractivity contribution in [3.63, 3.8) is 0 Å². The van der Waals surface area contributed by atoms with Crippen LogP contribution in [0.15, 0.2) is 54.9 Å². The first-order valence-corrected chi connectivity index (χ1v) is 6.37. The first kappa shape index (κ1) is 12.6. The van der Waals surface area contributed by atoms with Crippen LogP contribution in [0.2, 0.25) is 0 Å². The minimum absolute atomic E-state index is 0.0576. The second-order valence-electron chi connectivity index (χ2n) is 4.46. The van der Waals surface area contributed by atoms with E-state index >= 15 is 0 Å². The summed E-state index contributed by atoms with van der Waals surface area (Å²) < 4.78 is 5.68. The summed E-state index contributed by atoms with van der Waals surface area (Å²) in [6.07, 6.45) is 3.40. The molecule has 0 aliphatic heterocycles. The minimum atomic E-state index is -0.0576. The Morgan fingerprint density at radius 2 is 2.00 bits per heavy atom. The van der Waals surface area contributed by atoms with Crippen molar-refractivity contribution in [2.75, 3.05) is 0 Å². The predicted octanol–water partition coefficient (Wildman–Crippen LogP) is 2.70. The quantitative estimate of drug-likeness (QED) is 0.788. The molecule has 2 heterocycles. The van der Waals surface area contributed by atoms with Crippen LogP contribution < -0.4 is 4.74 Å². The molecule has 0 bridgehead atoms. The number of aliphatic hydroxyl groups is 1. The molecule has 0 saturated carbocycles. The van der Waals surface area contributed by atoms with Crippen LogP contribution in [-0.4, -0.2) is 15.1 Å². The first-order chi connectivity index (χ1) is 9.85. The van der Waals surface area contributed by atoms with Gasteiger partial charge in [0.2, 0.25) is 0 Å². The van der Waals surface area contributed by atoms with Gasteiger partial charge in [-0.2, -0.15) is 0 Å². The lowest BCUT2D eigenvalue weighted by Gasteiger charge is -2.07. The molecule has 2 aromatic heterocycles. The number of hydrogen-bond acceptors (Lipinski definition) is 4. The predicted molar refractivity (Wildman–Crippen MR) is 76.2 cm³/mol. The molecule has 4 nitrogen and oxygen atoms in total. The van der Waals surface area contributed by atoms with Crippen molar-refractivity contribution in [2.45, 2.75) is 13.2 Å². The van der Waals surface area contributed by atoms with Gasteiger partial charge in [0.15, 0.2) is 0 Å². The van der Waals surface area contributed by atoms with Crippen LogP contribution in [0.25, 0.3) is 10.9 Å². The van der Waals surface area contributed by atoms with E-state index in [2.05, 4.69) is 16.0 Å². The third-order valence-electron chi connectivity index (χ3n) is 3.03. The van der Waals surface area contributed by atoms with Crippen molar-refractivity contribution >= 4 is 10.9 Å². The maximum Gasteiger partial charge on any atom is 0.138 e. The molecular formula is C16H14N2O2. The molecule has 100 valence electrons. The largest absolute Gasteiger partial charge is 0.487 e. The Hall–Kier alpha value is -2.46. The lowest BCUT2D eigenvalue weighted by Crippen LogP contribution is -1.97. The van der Waals surface area contributed by atoms with Crippen molar-refractivity contribution < 1.29 is 9.84 Å². The topological polar surface area (TPSA) is 55.2 Å². The van der Waals surface area contributed by atoms with E-state index in [1.165, 1.54) is 0 Å². The second kappa shape index (κ2) is 5.67. The minimum Gasteiger partial charge on any atom is -0.487 e. The summed E-state index contributed by atoms with van der Waals surface area (Å²) in [7, 11) is 0. The molecule has 0 saturated heterocycles. The van der Waals surface area contributed by atoms with E-state index in [-0.39, 0.29) is 6.61 Å². The average molecular weight is 266 g/mol. The Morgan fingerprint density at radius 3 is 2.80 bits per heavy atom. The summed E-state index contributed by atoms with van der Waals surface area (Å²) in [5, 5.41) is 10.0. The van der Waals surface area contributed by atoms with E-state index in [4.69, 9.17) is 9.84 Å². The van der Waals surface area contributed by atoms with Crippen LogP contribution in [0.3, 0.4) is 0 Å². The molecule has 0 atom stereocenters. The highest BCUT2D eigenvalue weighted by Crippen LogP contribution is 2.16. The average Bonchev–Trinajstić information content (AvgIpc) is 2.53. The normalized spacial score (nSPS) is 10.7. The number of aliphatic hydroxyl groups excluding tert-OH is 1. The summed E-state index contributed by atoms with van der Waals surface area (Å²) in [5.74, 6) is 0.688. The third-order valence-corrected chi connectivity index (χ3v) is 3.03. The fourth-order valence-corrected chi connectivity index (χ4v) is 1.97. The number of nitrogens with zero attached hydrogens (tertiary/aromatic N) is 2. The number of fused-ring (bicyclic) bond motifs is 1. The number of rotatable bonds is 4. The molecule has 0 spiro atoms. The number of hydrogen-bond donors (Lipinski definition) is 1. The van der Waals surface area contributed by atoms with Crippen LogP contribution in [0, 0.1) is 0 Å². The molecule has 0 radical (unpaired) electrons. The van der Waals surface area contributed by atoms with Gasteiger partial charge in [-0.15, -0.1) is 0 Å². The fraction of sp³-hybridized carbons (Fsp3) is 0.125. The smallest absolute Gasteiger partial charge is 0.138 e. The second-order valence-corrected chi connectivity index (χ2v) is 4.46.